The second-order valence-electron chi connectivity index (χ2n) is 8.22. The van der Waals surface area contributed by atoms with Crippen molar-refractivity contribution in [2.24, 2.45) is 5.92 Å². The van der Waals surface area contributed by atoms with Gasteiger partial charge in [0.05, 0.1) is 26.5 Å². The van der Waals surface area contributed by atoms with Crippen molar-refractivity contribution in [3.05, 3.63) is 38.8 Å². The van der Waals surface area contributed by atoms with E-state index in [1.807, 2.05) is 6.92 Å². The normalized spacial score (nSPS) is 12.1. The topological polar surface area (TPSA) is 50.1 Å². The molecule has 0 radical (unpaired) electrons. The maximum absolute atomic E-state index is 12.4. The molecular formula is C26H37Br2NO2. The van der Waals surface area contributed by atoms with Gasteiger partial charge in [0, 0.05) is 0 Å². The minimum Gasteiger partial charge on any atom is -0.424 e. The molecule has 172 valence electrons. The lowest BCUT2D eigenvalue weighted by atomic mass is 10.0. The number of carbonyl (C=O) groups excluding carboxylic acids is 1. The number of halogens is 2. The Bertz CT molecular complexity index is 702. The van der Waals surface area contributed by atoms with Crippen LogP contribution >= 0.6 is 31.9 Å². The molecule has 0 aliphatic heterocycles. The molecule has 0 heterocycles. The van der Waals surface area contributed by atoms with Crippen molar-refractivity contribution in [2.75, 3.05) is 0 Å². The van der Waals surface area contributed by atoms with E-state index < -0.39 is 0 Å². The van der Waals surface area contributed by atoms with Crippen LogP contribution in [0.4, 0.5) is 0 Å². The summed E-state index contributed by atoms with van der Waals surface area (Å²) in [7, 11) is 0. The monoisotopic (exact) mass is 553 g/mol. The molecule has 0 aromatic heterocycles. The van der Waals surface area contributed by atoms with Gasteiger partial charge in [0.1, 0.15) is 0 Å². The van der Waals surface area contributed by atoms with Gasteiger partial charge < -0.3 is 4.74 Å². The van der Waals surface area contributed by atoms with Crippen molar-refractivity contribution < 1.29 is 9.53 Å². The van der Waals surface area contributed by atoms with E-state index >= 15 is 0 Å². The molecule has 0 spiro atoms. The van der Waals surface area contributed by atoms with Gasteiger partial charge in [0.25, 0.3) is 0 Å². The van der Waals surface area contributed by atoms with E-state index in [4.69, 9.17) is 10.00 Å². The summed E-state index contributed by atoms with van der Waals surface area (Å²) in [5.74, 6) is 0.0546. The van der Waals surface area contributed by atoms with Crippen molar-refractivity contribution >= 4 is 37.8 Å². The predicted molar refractivity (Wildman–Crippen MR) is 136 cm³/mol. The molecule has 1 rings (SSSR count). The number of unbranched alkanes of at least 4 members (excludes halogenated alkanes) is 10. The average molecular weight is 555 g/mol. The van der Waals surface area contributed by atoms with E-state index in [1.54, 1.807) is 12.1 Å². The molecule has 0 aliphatic rings. The third-order valence-electron chi connectivity index (χ3n) is 5.38. The first kappa shape index (κ1) is 27.9. The highest BCUT2D eigenvalue weighted by Gasteiger charge is 2.18. The molecule has 1 aromatic carbocycles. The molecular weight excluding hydrogens is 518 g/mol. The maximum Gasteiger partial charge on any atom is 0.314 e. The van der Waals surface area contributed by atoms with E-state index in [0.29, 0.717) is 20.3 Å². The number of rotatable bonds is 16. The molecule has 1 aromatic rings. The Labute approximate surface area is 205 Å². The molecule has 0 amide bonds. The Hall–Kier alpha value is -1.12. The van der Waals surface area contributed by atoms with Crippen LogP contribution in [0.2, 0.25) is 0 Å². The Morgan fingerprint density at radius 2 is 1.48 bits per heavy atom. The van der Waals surface area contributed by atoms with Crippen molar-refractivity contribution in [3.8, 4) is 11.8 Å². The number of benzene rings is 1. The summed E-state index contributed by atoms with van der Waals surface area (Å²) in [5, 5.41) is 9.00. The quantitative estimate of drug-likeness (QED) is 0.0884. The molecule has 0 bridgehead atoms. The van der Waals surface area contributed by atoms with Crippen LogP contribution < -0.4 is 4.74 Å². The first-order valence-corrected chi connectivity index (χ1v) is 13.3. The number of esters is 1. The van der Waals surface area contributed by atoms with Crippen LogP contribution in [-0.2, 0) is 4.79 Å². The van der Waals surface area contributed by atoms with Gasteiger partial charge >= 0.3 is 5.97 Å². The van der Waals surface area contributed by atoms with E-state index in [-0.39, 0.29) is 11.9 Å². The Morgan fingerprint density at radius 3 is 2.03 bits per heavy atom. The molecule has 1 unspecified atom stereocenters. The highest BCUT2D eigenvalue weighted by Crippen LogP contribution is 2.35. The highest BCUT2D eigenvalue weighted by atomic mass is 79.9. The number of carbonyl (C=O) groups is 1. The molecule has 0 aliphatic carbocycles. The number of ether oxygens (including phenoxy) is 1. The fourth-order valence-corrected chi connectivity index (χ4v) is 4.73. The van der Waals surface area contributed by atoms with Crippen LogP contribution in [-0.4, -0.2) is 5.97 Å². The molecule has 31 heavy (non-hydrogen) atoms. The van der Waals surface area contributed by atoms with Gasteiger partial charge in [-0.05, 0) is 76.1 Å². The van der Waals surface area contributed by atoms with Crippen LogP contribution in [0.5, 0.6) is 5.75 Å². The minimum atomic E-state index is -0.233. The molecule has 0 saturated carbocycles. The lowest BCUT2D eigenvalue weighted by Crippen LogP contribution is -2.18. The van der Waals surface area contributed by atoms with Gasteiger partial charge in [-0.15, -0.1) is 0 Å². The highest BCUT2D eigenvalue weighted by molar-refractivity contribution is 9.11. The van der Waals surface area contributed by atoms with Gasteiger partial charge in [0.2, 0.25) is 0 Å². The summed E-state index contributed by atoms with van der Waals surface area (Å²) in [6, 6.07) is 5.38. The first-order valence-electron chi connectivity index (χ1n) is 11.7. The van der Waals surface area contributed by atoms with Crippen LogP contribution in [0.1, 0.15) is 103 Å². The zero-order chi connectivity index (χ0) is 22.9. The minimum absolute atomic E-state index is 0.147. The van der Waals surface area contributed by atoms with Crippen LogP contribution in [0.25, 0.3) is 0 Å². The zero-order valence-corrected chi connectivity index (χ0v) is 22.3. The SMILES string of the molecule is CCCCCCCC/C=C\CCCCCCC(C)C(=O)Oc1c(Br)cc(C#N)cc1Br. The van der Waals surface area contributed by atoms with Gasteiger partial charge in [-0.2, -0.15) is 5.26 Å². The van der Waals surface area contributed by atoms with Crippen molar-refractivity contribution in [2.45, 2.75) is 97.3 Å². The predicted octanol–water partition coefficient (Wildman–Crippen LogP) is 9.27. The summed E-state index contributed by atoms with van der Waals surface area (Å²) >= 11 is 6.75. The number of hydrogen-bond donors (Lipinski definition) is 0. The summed E-state index contributed by atoms with van der Waals surface area (Å²) in [4.78, 5) is 12.4. The van der Waals surface area contributed by atoms with E-state index in [0.717, 1.165) is 25.7 Å². The molecule has 3 nitrogen and oxygen atoms in total. The number of hydrogen-bond acceptors (Lipinski definition) is 3. The third kappa shape index (κ3) is 12.5. The van der Waals surface area contributed by atoms with Gasteiger partial charge in [-0.1, -0.05) is 77.4 Å². The van der Waals surface area contributed by atoms with Crippen molar-refractivity contribution in [1.82, 2.24) is 0 Å². The van der Waals surface area contributed by atoms with Gasteiger partial charge in [0.15, 0.2) is 5.75 Å². The number of nitrogens with zero attached hydrogens (tertiary/aromatic N) is 1. The van der Waals surface area contributed by atoms with Crippen LogP contribution in [0.3, 0.4) is 0 Å². The fourth-order valence-electron chi connectivity index (χ4n) is 3.39. The summed E-state index contributed by atoms with van der Waals surface area (Å²) in [5.41, 5.74) is 0.504. The molecule has 5 heteroatoms. The van der Waals surface area contributed by atoms with E-state index in [9.17, 15) is 4.79 Å². The van der Waals surface area contributed by atoms with Crippen molar-refractivity contribution in [1.29, 1.82) is 5.26 Å². The molecule has 0 saturated heterocycles. The first-order chi connectivity index (χ1) is 15.0. The summed E-state index contributed by atoms with van der Waals surface area (Å²) < 4.78 is 6.76. The average Bonchev–Trinajstić information content (AvgIpc) is 2.75. The van der Waals surface area contributed by atoms with Gasteiger partial charge in [-0.3, -0.25) is 4.79 Å². The number of nitriles is 1. The summed E-state index contributed by atoms with van der Waals surface area (Å²) in [6.07, 6.45) is 20.7. The Balaban J connectivity index is 2.12. The lowest BCUT2D eigenvalue weighted by Gasteiger charge is -2.13. The fraction of sp³-hybridized carbons (Fsp3) is 0.615. The maximum atomic E-state index is 12.4. The number of allylic oxidation sites excluding steroid dienone is 2. The van der Waals surface area contributed by atoms with Gasteiger partial charge in [-0.25, -0.2) is 0 Å². The van der Waals surface area contributed by atoms with Crippen LogP contribution in [0.15, 0.2) is 33.2 Å². The largest absolute Gasteiger partial charge is 0.424 e. The molecule has 0 fully saturated rings. The van der Waals surface area contributed by atoms with E-state index in [2.05, 4.69) is 57.0 Å². The standard InChI is InChI=1S/C26H37Br2NO2/c1-3-4-5-6-7-8-9-10-11-12-13-14-15-16-17-21(2)26(30)31-25-23(27)18-22(20-29)19-24(25)28/h10-11,18-19,21H,3-9,12-17H2,1-2H3/b11-10-. The van der Waals surface area contributed by atoms with Crippen molar-refractivity contribution in [3.63, 3.8) is 0 Å². The zero-order valence-electron chi connectivity index (χ0n) is 19.1. The van der Waals surface area contributed by atoms with E-state index in [1.165, 1.54) is 57.8 Å². The van der Waals surface area contributed by atoms with Crippen LogP contribution in [0, 0.1) is 17.2 Å². The second-order valence-corrected chi connectivity index (χ2v) is 9.93. The summed E-state index contributed by atoms with van der Waals surface area (Å²) in [6.45, 7) is 4.17. The second kappa shape index (κ2) is 17.4. The third-order valence-corrected chi connectivity index (χ3v) is 6.56. The molecule has 1 atom stereocenters. The lowest BCUT2D eigenvalue weighted by molar-refractivity contribution is -0.138. The smallest absolute Gasteiger partial charge is 0.314 e. The Kier molecular flexibility index (Phi) is 15.7. The Morgan fingerprint density at radius 1 is 0.968 bits per heavy atom. The molecule has 0 N–H and O–H groups in total.